The molecular formula is C30H31Cl2N5O5. The molecule has 2 aromatic rings. The Morgan fingerprint density at radius 1 is 0.857 bits per heavy atom. The first-order valence-electron chi connectivity index (χ1n) is 13.7. The molecule has 0 aromatic heterocycles. The summed E-state index contributed by atoms with van der Waals surface area (Å²) < 4.78 is 0. The van der Waals surface area contributed by atoms with Gasteiger partial charge in [-0.25, -0.2) is 9.59 Å². The lowest BCUT2D eigenvalue weighted by atomic mass is 9.78. The molecule has 0 radical (unpaired) electrons. The van der Waals surface area contributed by atoms with Crippen molar-refractivity contribution in [2.24, 2.45) is 4.99 Å². The number of carbonyl (C=O) groups is 3. The van der Waals surface area contributed by atoms with Gasteiger partial charge in [-0.05, 0) is 30.5 Å². The van der Waals surface area contributed by atoms with Crippen molar-refractivity contribution in [3.05, 3.63) is 92.2 Å². The van der Waals surface area contributed by atoms with E-state index in [1.54, 1.807) is 23.1 Å². The summed E-state index contributed by atoms with van der Waals surface area (Å²) in [4.78, 5) is 47.4. The van der Waals surface area contributed by atoms with Gasteiger partial charge in [0.1, 0.15) is 0 Å². The van der Waals surface area contributed by atoms with Crippen LogP contribution in [0, 0.1) is 0 Å². The van der Waals surface area contributed by atoms with E-state index in [-0.39, 0.29) is 51.2 Å². The van der Waals surface area contributed by atoms with E-state index < -0.39 is 17.9 Å². The molecule has 0 saturated carbocycles. The number of hydrogen-bond donors (Lipinski definition) is 4. The van der Waals surface area contributed by atoms with Gasteiger partial charge < -0.3 is 30.6 Å². The van der Waals surface area contributed by atoms with Gasteiger partial charge >= 0.3 is 11.9 Å². The summed E-state index contributed by atoms with van der Waals surface area (Å²) in [6.45, 7) is 3.61. The molecular weight excluding hydrogens is 581 g/mol. The molecule has 5 rings (SSSR count). The van der Waals surface area contributed by atoms with Crippen LogP contribution < -0.4 is 10.6 Å². The molecule has 1 amide bonds. The number of benzene rings is 2. The third-order valence-corrected chi connectivity index (χ3v) is 8.36. The molecule has 12 heteroatoms. The van der Waals surface area contributed by atoms with Gasteiger partial charge in [-0.3, -0.25) is 9.79 Å². The van der Waals surface area contributed by atoms with E-state index in [9.17, 15) is 24.6 Å². The van der Waals surface area contributed by atoms with E-state index in [0.717, 1.165) is 24.6 Å². The van der Waals surface area contributed by atoms with Crippen molar-refractivity contribution in [3.8, 4) is 0 Å². The number of nitrogens with zero attached hydrogens (tertiary/aromatic N) is 3. The van der Waals surface area contributed by atoms with Gasteiger partial charge in [-0.1, -0.05) is 59.6 Å². The SMILES string of the molecule is O=C(O)C1=C(CCc2ccccc2)NC(CC(=O)N2CCN(C3=NCCN3)CC2)=C(C(=O)O)C1c1c(Cl)cccc1Cl. The van der Waals surface area contributed by atoms with Crippen LogP contribution in [0.1, 0.15) is 29.9 Å². The molecule has 42 heavy (non-hydrogen) atoms. The van der Waals surface area contributed by atoms with Gasteiger partial charge in [0.25, 0.3) is 0 Å². The number of allylic oxidation sites excluding steroid dienone is 1. The molecule has 10 nitrogen and oxygen atoms in total. The summed E-state index contributed by atoms with van der Waals surface area (Å²) >= 11 is 13.1. The standard InChI is InChI=1S/C30H31Cl2N5O5/c31-19-7-4-8-20(32)24(19)27-25(28(39)40)21(10-9-18-5-2-1-3-6-18)35-22(26(27)29(41)42)17-23(38)36-13-15-37(16-14-36)30-33-11-12-34-30/h1-8,27,35H,9-17H2,(H,33,34)(H,39,40)(H,41,42). The van der Waals surface area contributed by atoms with E-state index >= 15 is 0 Å². The number of aryl methyl sites for hydroxylation is 1. The second-order valence-electron chi connectivity index (χ2n) is 10.3. The largest absolute Gasteiger partial charge is 0.478 e. The van der Waals surface area contributed by atoms with E-state index in [4.69, 9.17) is 23.2 Å². The first-order valence-corrected chi connectivity index (χ1v) is 14.5. The lowest BCUT2D eigenvalue weighted by Gasteiger charge is -2.37. The summed E-state index contributed by atoms with van der Waals surface area (Å²) in [6.07, 6.45) is 0.510. The van der Waals surface area contributed by atoms with Crippen LogP contribution in [0.2, 0.25) is 10.0 Å². The number of piperazine rings is 1. The number of rotatable bonds is 8. The zero-order valence-electron chi connectivity index (χ0n) is 22.8. The maximum absolute atomic E-state index is 13.6. The van der Waals surface area contributed by atoms with E-state index in [0.29, 0.717) is 38.3 Å². The molecule has 1 unspecified atom stereocenters. The zero-order valence-corrected chi connectivity index (χ0v) is 24.3. The Morgan fingerprint density at radius 3 is 2.10 bits per heavy atom. The first kappa shape index (κ1) is 29.5. The molecule has 0 bridgehead atoms. The smallest absolute Gasteiger partial charge is 0.334 e. The normalized spacial score (nSPS) is 18.9. The van der Waals surface area contributed by atoms with Crippen LogP contribution in [-0.2, 0) is 20.8 Å². The van der Waals surface area contributed by atoms with Gasteiger partial charge in [0.05, 0.1) is 30.0 Å². The Kier molecular flexibility index (Phi) is 9.03. The van der Waals surface area contributed by atoms with Gasteiger partial charge in [0.15, 0.2) is 5.96 Å². The maximum Gasteiger partial charge on any atom is 0.334 e. The topological polar surface area (TPSA) is 135 Å². The van der Waals surface area contributed by atoms with Crippen molar-refractivity contribution in [3.63, 3.8) is 0 Å². The number of halogens is 2. The number of guanidine groups is 1. The quantitative estimate of drug-likeness (QED) is 0.356. The van der Waals surface area contributed by atoms with Crippen molar-refractivity contribution in [1.29, 1.82) is 0 Å². The van der Waals surface area contributed by atoms with Gasteiger partial charge in [0.2, 0.25) is 5.91 Å². The van der Waals surface area contributed by atoms with Crippen LogP contribution in [-0.4, -0.2) is 83.1 Å². The Morgan fingerprint density at radius 2 is 1.50 bits per heavy atom. The Hall–Kier alpha value is -4.02. The van der Waals surface area contributed by atoms with Crippen molar-refractivity contribution in [1.82, 2.24) is 20.4 Å². The fraction of sp³-hybridized carbons (Fsp3) is 0.333. The third-order valence-electron chi connectivity index (χ3n) is 7.70. The van der Waals surface area contributed by atoms with Crippen molar-refractivity contribution in [2.75, 3.05) is 39.3 Å². The van der Waals surface area contributed by atoms with Crippen LogP contribution in [0.4, 0.5) is 0 Å². The van der Waals surface area contributed by atoms with E-state index in [2.05, 4.69) is 20.5 Å². The summed E-state index contributed by atoms with van der Waals surface area (Å²) in [6, 6.07) is 14.2. The highest BCUT2D eigenvalue weighted by atomic mass is 35.5. The monoisotopic (exact) mass is 611 g/mol. The fourth-order valence-electron chi connectivity index (χ4n) is 5.67. The number of amides is 1. The van der Waals surface area contributed by atoms with Gasteiger partial charge in [-0.2, -0.15) is 0 Å². The number of aliphatic imine (C=N–C) groups is 1. The lowest BCUT2D eigenvalue weighted by Crippen LogP contribution is -2.53. The number of carboxylic acid groups (broad SMARTS) is 2. The number of carbonyl (C=O) groups excluding carboxylic acids is 1. The highest BCUT2D eigenvalue weighted by Gasteiger charge is 2.41. The lowest BCUT2D eigenvalue weighted by molar-refractivity contribution is -0.133. The third kappa shape index (κ3) is 6.24. The molecule has 4 N–H and O–H groups in total. The highest BCUT2D eigenvalue weighted by molar-refractivity contribution is 6.36. The number of aliphatic carboxylic acids is 2. The van der Waals surface area contributed by atoms with Gasteiger partial charge in [-0.15, -0.1) is 0 Å². The molecule has 3 aliphatic rings. The summed E-state index contributed by atoms with van der Waals surface area (Å²) in [5.74, 6) is -3.37. The summed E-state index contributed by atoms with van der Waals surface area (Å²) in [5, 5.41) is 27.4. The Labute approximate surface area is 253 Å². The zero-order chi connectivity index (χ0) is 29.8. The van der Waals surface area contributed by atoms with Crippen LogP contribution in [0.3, 0.4) is 0 Å². The summed E-state index contributed by atoms with van der Waals surface area (Å²) in [5.41, 5.74) is 1.18. The van der Waals surface area contributed by atoms with Crippen LogP contribution >= 0.6 is 23.2 Å². The minimum Gasteiger partial charge on any atom is -0.478 e. The summed E-state index contributed by atoms with van der Waals surface area (Å²) in [7, 11) is 0. The van der Waals surface area contributed by atoms with E-state index in [1.165, 1.54) is 0 Å². The molecule has 0 aliphatic carbocycles. The number of carboxylic acids is 2. The van der Waals surface area contributed by atoms with Crippen molar-refractivity contribution < 1.29 is 24.6 Å². The first-order chi connectivity index (χ1) is 20.2. The molecule has 2 aromatic carbocycles. The minimum atomic E-state index is -1.36. The molecule has 3 heterocycles. The number of hydrogen-bond acceptors (Lipinski definition) is 7. The maximum atomic E-state index is 13.6. The predicted molar refractivity (Wildman–Crippen MR) is 159 cm³/mol. The molecule has 220 valence electrons. The Bertz CT molecular complexity index is 1460. The molecule has 1 atom stereocenters. The highest BCUT2D eigenvalue weighted by Crippen LogP contribution is 2.45. The Balaban J connectivity index is 1.49. The van der Waals surface area contributed by atoms with E-state index in [1.807, 2.05) is 30.3 Å². The second kappa shape index (κ2) is 12.9. The second-order valence-corrected chi connectivity index (χ2v) is 11.1. The molecule has 3 aliphatic heterocycles. The van der Waals surface area contributed by atoms with Crippen LogP contribution in [0.15, 0.2) is 76.1 Å². The number of dihydropyridines is 1. The number of nitrogens with one attached hydrogen (secondary N) is 2. The average Bonchev–Trinajstić information content (AvgIpc) is 3.51. The molecule has 1 saturated heterocycles. The van der Waals surface area contributed by atoms with Crippen LogP contribution in [0.5, 0.6) is 0 Å². The average molecular weight is 613 g/mol. The van der Waals surface area contributed by atoms with Crippen LogP contribution in [0.25, 0.3) is 0 Å². The fourth-order valence-corrected chi connectivity index (χ4v) is 6.28. The molecule has 0 spiro atoms. The molecule has 1 fully saturated rings. The van der Waals surface area contributed by atoms with Gasteiger partial charge in [0, 0.05) is 59.7 Å². The van der Waals surface area contributed by atoms with Crippen molar-refractivity contribution in [2.45, 2.75) is 25.2 Å². The minimum absolute atomic E-state index is 0.130. The predicted octanol–water partition coefficient (Wildman–Crippen LogP) is 3.48. The van der Waals surface area contributed by atoms with Crippen molar-refractivity contribution >= 4 is 47.0 Å².